The topological polar surface area (TPSA) is 269 Å². The van der Waals surface area contributed by atoms with Crippen LogP contribution in [-0.2, 0) is 15.9 Å². The zero-order valence-electron chi connectivity index (χ0n) is 22.4. The minimum Gasteiger partial charge on any atom is -0.508 e. The summed E-state index contributed by atoms with van der Waals surface area (Å²) < 4.78 is 27.9. The van der Waals surface area contributed by atoms with Crippen molar-refractivity contribution < 1.29 is 79.9 Å². The van der Waals surface area contributed by atoms with Crippen LogP contribution in [0.3, 0.4) is 0 Å². The molecule has 0 aromatic heterocycles. The van der Waals surface area contributed by atoms with Crippen LogP contribution >= 0.6 is 0 Å². The van der Waals surface area contributed by atoms with E-state index < -0.39 is 92.6 Å². The van der Waals surface area contributed by atoms with E-state index >= 15 is 0 Å². The van der Waals surface area contributed by atoms with Crippen LogP contribution in [0, 0.1) is 0 Å². The third-order valence-electron chi connectivity index (χ3n) is 7.67. The molecule has 0 radical (unpaired) electrons. The van der Waals surface area contributed by atoms with Crippen LogP contribution in [0.5, 0.6) is 28.7 Å². The predicted octanol–water partition coefficient (Wildman–Crippen LogP) is -3.51. The van der Waals surface area contributed by atoms with Crippen molar-refractivity contribution in [1.82, 2.24) is 0 Å². The van der Waals surface area contributed by atoms with Crippen LogP contribution in [-0.4, -0.2) is 137 Å². The van der Waals surface area contributed by atoms with E-state index in [0.717, 1.165) is 0 Å². The minimum atomic E-state index is -1.74. The number of rotatable bonds is 7. The van der Waals surface area contributed by atoms with Gasteiger partial charge < -0.3 is 79.9 Å². The van der Waals surface area contributed by atoms with E-state index in [1.807, 2.05) is 0 Å². The summed E-state index contributed by atoms with van der Waals surface area (Å²) in [6, 6.07) is 6.34. The van der Waals surface area contributed by atoms with Gasteiger partial charge in [0.15, 0.2) is 11.5 Å². The van der Waals surface area contributed by atoms with Gasteiger partial charge in [-0.1, -0.05) is 6.07 Å². The predicted molar refractivity (Wildman–Crippen MR) is 138 cm³/mol. The zero-order chi connectivity index (χ0) is 31.2. The van der Waals surface area contributed by atoms with Gasteiger partial charge in [0.1, 0.15) is 72.2 Å². The molecule has 0 amide bonds. The van der Waals surface area contributed by atoms with Crippen molar-refractivity contribution in [2.45, 2.75) is 80.0 Å². The van der Waals surface area contributed by atoms with Gasteiger partial charge in [-0.3, -0.25) is 0 Å². The standard InChI is InChI=1S/C27H34O16/c28-7-17-19(33)21(35)23(37)26(42-17)40-15-5-10(30)4-14-11(15)6-13(32)25(39-14)9-1-2-12(31)16(3-9)41-27-24(38)22(36)20(34)18(8-29)43-27/h1-5,13,17-38H,6-8H2/t13?,17-,18-,19-,20-,21+,22+,23-,24-,25?,26+,27+/m1/s1. The first-order chi connectivity index (χ1) is 20.4. The maximum atomic E-state index is 11.0. The van der Waals surface area contributed by atoms with E-state index in [0.29, 0.717) is 0 Å². The maximum absolute atomic E-state index is 11.0. The Morgan fingerprint density at radius 1 is 0.674 bits per heavy atom. The fourth-order valence-corrected chi connectivity index (χ4v) is 5.22. The second-order valence-corrected chi connectivity index (χ2v) is 10.6. The van der Waals surface area contributed by atoms with Gasteiger partial charge in [-0.15, -0.1) is 0 Å². The van der Waals surface area contributed by atoms with Crippen molar-refractivity contribution in [1.29, 1.82) is 0 Å². The van der Waals surface area contributed by atoms with Crippen LogP contribution < -0.4 is 14.2 Å². The molecule has 0 aliphatic carbocycles. The molecule has 2 fully saturated rings. The Kier molecular flexibility index (Phi) is 9.17. The molecule has 3 aliphatic heterocycles. The van der Waals surface area contributed by atoms with Gasteiger partial charge >= 0.3 is 0 Å². The normalized spacial score (nSPS) is 37.7. The molecule has 16 nitrogen and oxygen atoms in total. The number of benzene rings is 2. The Morgan fingerprint density at radius 3 is 1.79 bits per heavy atom. The molecule has 238 valence electrons. The number of phenolic OH excluding ortho intramolecular Hbond substituents is 2. The van der Waals surface area contributed by atoms with E-state index in [2.05, 4.69) is 0 Å². The molecule has 43 heavy (non-hydrogen) atoms. The lowest BCUT2D eigenvalue weighted by Gasteiger charge is -2.40. The molecular formula is C27H34O16. The second kappa shape index (κ2) is 12.5. The number of aliphatic hydroxyl groups is 9. The molecule has 3 aliphatic rings. The lowest BCUT2D eigenvalue weighted by atomic mass is 9.93. The molecular weight excluding hydrogens is 580 g/mol. The van der Waals surface area contributed by atoms with E-state index in [-0.39, 0.29) is 40.5 Å². The van der Waals surface area contributed by atoms with Crippen LogP contribution in [0.4, 0.5) is 0 Å². The minimum absolute atomic E-state index is 0.0689. The van der Waals surface area contributed by atoms with Crippen LogP contribution in [0.25, 0.3) is 0 Å². The fourth-order valence-electron chi connectivity index (χ4n) is 5.22. The number of hydrogen-bond acceptors (Lipinski definition) is 16. The Labute approximate surface area is 243 Å². The highest BCUT2D eigenvalue weighted by atomic mass is 16.7. The number of aliphatic hydroxyl groups excluding tert-OH is 9. The zero-order valence-corrected chi connectivity index (χ0v) is 22.4. The monoisotopic (exact) mass is 614 g/mol. The Morgan fingerprint density at radius 2 is 1.23 bits per heavy atom. The van der Waals surface area contributed by atoms with Crippen LogP contribution in [0.1, 0.15) is 17.2 Å². The number of hydrogen-bond donors (Lipinski definition) is 11. The lowest BCUT2D eigenvalue weighted by molar-refractivity contribution is -0.277. The van der Waals surface area contributed by atoms with E-state index in [1.165, 1.54) is 30.3 Å². The summed E-state index contributed by atoms with van der Waals surface area (Å²) in [6.07, 6.45) is -18.2. The molecule has 2 saturated heterocycles. The van der Waals surface area contributed by atoms with E-state index in [9.17, 15) is 56.2 Å². The number of phenols is 2. The van der Waals surface area contributed by atoms with Crippen molar-refractivity contribution in [3.8, 4) is 28.7 Å². The summed E-state index contributed by atoms with van der Waals surface area (Å²) in [7, 11) is 0. The molecule has 3 heterocycles. The summed E-state index contributed by atoms with van der Waals surface area (Å²) in [4.78, 5) is 0. The van der Waals surface area contributed by atoms with Gasteiger partial charge in [0.25, 0.3) is 0 Å². The van der Waals surface area contributed by atoms with E-state index in [1.54, 1.807) is 0 Å². The highest BCUT2D eigenvalue weighted by Crippen LogP contribution is 2.44. The Bertz CT molecular complexity index is 1270. The summed E-state index contributed by atoms with van der Waals surface area (Å²) in [6.45, 7) is -1.37. The summed E-state index contributed by atoms with van der Waals surface area (Å²) >= 11 is 0. The van der Waals surface area contributed by atoms with Gasteiger partial charge in [0, 0.05) is 24.1 Å². The van der Waals surface area contributed by atoms with Crippen molar-refractivity contribution in [2.24, 2.45) is 0 Å². The van der Waals surface area contributed by atoms with Gasteiger partial charge in [0.2, 0.25) is 12.6 Å². The second-order valence-electron chi connectivity index (χ2n) is 10.6. The molecule has 0 saturated carbocycles. The van der Waals surface area contributed by atoms with Gasteiger partial charge in [-0.2, -0.15) is 0 Å². The van der Waals surface area contributed by atoms with Crippen LogP contribution in [0.15, 0.2) is 30.3 Å². The van der Waals surface area contributed by atoms with Crippen molar-refractivity contribution >= 4 is 0 Å². The largest absolute Gasteiger partial charge is 0.508 e. The first kappa shape index (κ1) is 31.4. The average molecular weight is 615 g/mol. The average Bonchev–Trinajstić information content (AvgIpc) is 2.98. The molecule has 2 aromatic carbocycles. The lowest BCUT2D eigenvalue weighted by Crippen LogP contribution is -2.60. The molecule has 2 aromatic rings. The number of ether oxygens (including phenoxy) is 5. The first-order valence-electron chi connectivity index (χ1n) is 13.4. The molecule has 12 atom stereocenters. The highest BCUT2D eigenvalue weighted by Gasteiger charge is 2.46. The number of fused-ring (bicyclic) bond motifs is 1. The highest BCUT2D eigenvalue weighted by molar-refractivity contribution is 5.53. The van der Waals surface area contributed by atoms with Crippen molar-refractivity contribution in [2.75, 3.05) is 13.2 Å². The van der Waals surface area contributed by atoms with Crippen molar-refractivity contribution in [3.05, 3.63) is 41.5 Å². The Hall–Kier alpha value is -3.00. The summed E-state index contributed by atoms with van der Waals surface area (Å²) in [5, 5.41) is 111. The summed E-state index contributed by atoms with van der Waals surface area (Å²) in [5.74, 6) is -0.982. The molecule has 11 N–H and O–H groups in total. The smallest absolute Gasteiger partial charge is 0.229 e. The summed E-state index contributed by atoms with van der Waals surface area (Å²) in [5.41, 5.74) is 0.533. The molecule has 0 spiro atoms. The van der Waals surface area contributed by atoms with Crippen molar-refractivity contribution in [3.63, 3.8) is 0 Å². The SMILES string of the molecule is OC[C@H]1O[C@H](Oc2cc(C3Oc4cc(O)cc(O[C@H]5O[C@H](CO)[C@@H](O)[C@H](O)[C@H]5O)c4CC3O)ccc2O)[C@H](O)[C@@H](O)[C@@H]1O. The van der Waals surface area contributed by atoms with E-state index in [4.69, 9.17) is 23.7 Å². The van der Waals surface area contributed by atoms with Crippen LogP contribution in [0.2, 0.25) is 0 Å². The Balaban J connectivity index is 1.37. The molecule has 5 rings (SSSR count). The maximum Gasteiger partial charge on any atom is 0.229 e. The van der Waals surface area contributed by atoms with Gasteiger partial charge in [0.05, 0.1) is 19.3 Å². The molecule has 0 bridgehead atoms. The number of aromatic hydroxyl groups is 2. The third-order valence-corrected chi connectivity index (χ3v) is 7.67. The van der Waals surface area contributed by atoms with Gasteiger partial charge in [-0.05, 0) is 17.7 Å². The fraction of sp³-hybridized carbons (Fsp3) is 0.556. The van der Waals surface area contributed by atoms with Gasteiger partial charge in [-0.25, -0.2) is 0 Å². The quantitative estimate of drug-likeness (QED) is 0.144. The molecule has 16 heteroatoms. The third kappa shape index (κ3) is 6.04. The molecule has 2 unspecified atom stereocenters. The first-order valence-corrected chi connectivity index (χ1v) is 13.4.